The average Bonchev–Trinajstić information content (AvgIpc) is 2.57. The van der Waals surface area contributed by atoms with Gasteiger partial charge in [0.25, 0.3) is 10.2 Å². The zero-order valence-corrected chi connectivity index (χ0v) is 10.4. The maximum absolute atomic E-state index is 11.6. The van der Waals surface area contributed by atoms with Crippen molar-refractivity contribution < 1.29 is 8.42 Å². The summed E-state index contributed by atoms with van der Waals surface area (Å²) in [6.07, 6.45) is 0.829. The Morgan fingerprint density at radius 1 is 1.53 bits per heavy atom. The standard InChI is InChI=1S/C9H14N2O2S2/c1-7-3-4-9(14-7)8-5-6-11(2)15(12,13)10-8/h3-4,8,10H,5-6H2,1-2H3/t8-/m0/s1. The Kier molecular flexibility index (Phi) is 2.85. The third kappa shape index (κ3) is 2.23. The van der Waals surface area contributed by atoms with Crippen LogP contribution in [-0.4, -0.2) is 26.3 Å². The Balaban J connectivity index is 2.20. The molecule has 0 aliphatic carbocycles. The van der Waals surface area contributed by atoms with Gasteiger partial charge in [0.15, 0.2) is 0 Å². The minimum absolute atomic E-state index is 0.0510. The van der Waals surface area contributed by atoms with Gasteiger partial charge in [-0.1, -0.05) is 0 Å². The molecule has 1 N–H and O–H groups in total. The monoisotopic (exact) mass is 246 g/mol. The van der Waals surface area contributed by atoms with Crippen LogP contribution in [-0.2, 0) is 10.2 Å². The van der Waals surface area contributed by atoms with Gasteiger partial charge >= 0.3 is 0 Å². The van der Waals surface area contributed by atoms with Crippen LogP contribution in [0.5, 0.6) is 0 Å². The van der Waals surface area contributed by atoms with Gasteiger partial charge in [-0.25, -0.2) is 0 Å². The van der Waals surface area contributed by atoms with E-state index in [2.05, 4.69) is 4.72 Å². The van der Waals surface area contributed by atoms with E-state index in [-0.39, 0.29) is 6.04 Å². The predicted molar refractivity (Wildman–Crippen MR) is 61.1 cm³/mol. The van der Waals surface area contributed by atoms with Crippen LogP contribution in [0, 0.1) is 6.92 Å². The molecule has 15 heavy (non-hydrogen) atoms. The maximum atomic E-state index is 11.6. The molecule has 1 fully saturated rings. The van der Waals surface area contributed by atoms with E-state index in [1.54, 1.807) is 18.4 Å². The van der Waals surface area contributed by atoms with Gasteiger partial charge in [-0.2, -0.15) is 17.4 Å². The Morgan fingerprint density at radius 3 is 2.80 bits per heavy atom. The summed E-state index contributed by atoms with van der Waals surface area (Å²) in [7, 11) is -1.66. The second kappa shape index (κ2) is 3.86. The van der Waals surface area contributed by atoms with E-state index in [9.17, 15) is 8.42 Å². The van der Waals surface area contributed by atoms with Crippen LogP contribution in [0.25, 0.3) is 0 Å². The number of nitrogens with zero attached hydrogens (tertiary/aromatic N) is 1. The van der Waals surface area contributed by atoms with Crippen LogP contribution in [0.15, 0.2) is 12.1 Å². The van der Waals surface area contributed by atoms with Crippen LogP contribution in [0.1, 0.15) is 22.2 Å². The number of rotatable bonds is 1. The fourth-order valence-electron chi connectivity index (χ4n) is 1.60. The summed E-state index contributed by atoms with van der Waals surface area (Å²) in [5, 5.41) is 0. The van der Waals surface area contributed by atoms with Crippen molar-refractivity contribution in [1.29, 1.82) is 0 Å². The first-order chi connectivity index (χ1) is 6.99. The molecule has 4 nitrogen and oxygen atoms in total. The third-order valence-electron chi connectivity index (χ3n) is 2.54. The van der Waals surface area contributed by atoms with Crippen molar-refractivity contribution in [3.63, 3.8) is 0 Å². The van der Waals surface area contributed by atoms with E-state index in [4.69, 9.17) is 0 Å². The first kappa shape index (κ1) is 11.1. The molecule has 1 aromatic heterocycles. The lowest BCUT2D eigenvalue weighted by Gasteiger charge is -2.29. The molecule has 0 aromatic carbocycles. The van der Waals surface area contributed by atoms with Gasteiger partial charge in [0, 0.05) is 23.3 Å². The molecule has 0 saturated carbocycles. The van der Waals surface area contributed by atoms with Crippen LogP contribution >= 0.6 is 11.3 Å². The van der Waals surface area contributed by atoms with Gasteiger partial charge in [0.2, 0.25) is 0 Å². The van der Waals surface area contributed by atoms with Crippen molar-refractivity contribution in [3.8, 4) is 0 Å². The second-order valence-corrected chi connectivity index (χ2v) is 6.86. The lowest BCUT2D eigenvalue weighted by molar-refractivity contribution is 0.384. The van der Waals surface area contributed by atoms with Crippen LogP contribution in [0.4, 0.5) is 0 Å². The summed E-state index contributed by atoms with van der Waals surface area (Å²) < 4.78 is 27.2. The highest BCUT2D eigenvalue weighted by atomic mass is 32.2. The molecule has 2 rings (SSSR count). The number of hydrogen-bond donors (Lipinski definition) is 1. The first-order valence-corrected chi connectivity index (χ1v) is 7.04. The number of nitrogens with one attached hydrogen (secondary N) is 1. The summed E-state index contributed by atoms with van der Waals surface area (Å²) in [6.45, 7) is 2.61. The van der Waals surface area contributed by atoms with Crippen LogP contribution in [0.2, 0.25) is 0 Å². The van der Waals surface area contributed by atoms with E-state index < -0.39 is 10.2 Å². The number of thiophene rings is 1. The molecule has 0 bridgehead atoms. The van der Waals surface area contributed by atoms with E-state index >= 15 is 0 Å². The fraction of sp³-hybridized carbons (Fsp3) is 0.556. The molecular weight excluding hydrogens is 232 g/mol. The molecule has 6 heteroatoms. The zero-order chi connectivity index (χ0) is 11.1. The molecule has 1 aliphatic rings. The second-order valence-electron chi connectivity index (χ2n) is 3.73. The summed E-state index contributed by atoms with van der Waals surface area (Å²) in [4.78, 5) is 2.31. The van der Waals surface area contributed by atoms with Gasteiger partial charge in [0.05, 0.1) is 6.04 Å². The molecule has 1 aliphatic heterocycles. The van der Waals surface area contributed by atoms with Crippen LogP contribution < -0.4 is 4.72 Å². The molecule has 1 aromatic rings. The minimum Gasteiger partial charge on any atom is -0.195 e. The van der Waals surface area contributed by atoms with E-state index in [1.807, 2.05) is 19.1 Å². The highest BCUT2D eigenvalue weighted by Crippen LogP contribution is 2.28. The van der Waals surface area contributed by atoms with E-state index in [0.717, 1.165) is 11.3 Å². The molecule has 0 radical (unpaired) electrons. The van der Waals surface area contributed by atoms with Crippen molar-refractivity contribution in [2.75, 3.05) is 13.6 Å². The smallest absolute Gasteiger partial charge is 0.195 e. The molecular formula is C9H14N2O2S2. The highest BCUT2D eigenvalue weighted by Gasteiger charge is 2.29. The molecule has 0 spiro atoms. The van der Waals surface area contributed by atoms with Crippen molar-refractivity contribution in [2.45, 2.75) is 19.4 Å². The van der Waals surface area contributed by atoms with Crippen molar-refractivity contribution in [2.24, 2.45) is 0 Å². The summed E-state index contributed by atoms with van der Waals surface area (Å²) in [5.74, 6) is 0. The first-order valence-electron chi connectivity index (χ1n) is 4.79. The average molecular weight is 246 g/mol. The Hall–Kier alpha value is -0.430. The van der Waals surface area contributed by atoms with Gasteiger partial charge < -0.3 is 0 Å². The lowest BCUT2D eigenvalue weighted by Crippen LogP contribution is -2.46. The van der Waals surface area contributed by atoms with Crippen molar-refractivity contribution >= 4 is 21.5 Å². The van der Waals surface area contributed by atoms with Crippen molar-refractivity contribution in [1.82, 2.24) is 9.03 Å². The molecule has 2 heterocycles. The molecule has 0 unspecified atom stereocenters. The topological polar surface area (TPSA) is 49.4 Å². The zero-order valence-electron chi connectivity index (χ0n) is 8.73. The lowest BCUT2D eigenvalue weighted by atomic mass is 10.2. The SMILES string of the molecule is Cc1ccc([C@@H]2CCN(C)S(=O)(=O)N2)s1. The quantitative estimate of drug-likeness (QED) is 0.811. The van der Waals surface area contributed by atoms with Gasteiger partial charge in [-0.3, -0.25) is 0 Å². The van der Waals surface area contributed by atoms with Crippen LogP contribution in [0.3, 0.4) is 0 Å². The van der Waals surface area contributed by atoms with E-state index in [0.29, 0.717) is 6.54 Å². The summed E-state index contributed by atoms with van der Waals surface area (Å²) in [5.41, 5.74) is 0. The van der Waals surface area contributed by atoms with Gasteiger partial charge in [0.1, 0.15) is 0 Å². The third-order valence-corrected chi connectivity index (χ3v) is 5.24. The fourth-order valence-corrected chi connectivity index (χ4v) is 3.77. The van der Waals surface area contributed by atoms with E-state index in [1.165, 1.54) is 9.18 Å². The molecule has 0 amide bonds. The summed E-state index contributed by atoms with van der Waals surface area (Å²) >= 11 is 1.65. The highest BCUT2D eigenvalue weighted by molar-refractivity contribution is 7.87. The molecule has 84 valence electrons. The largest absolute Gasteiger partial charge is 0.279 e. The van der Waals surface area contributed by atoms with Gasteiger partial charge in [-0.05, 0) is 25.5 Å². The number of hydrogen-bond acceptors (Lipinski definition) is 3. The predicted octanol–water partition coefficient (Wildman–Crippen LogP) is 1.27. The minimum atomic E-state index is -3.26. The maximum Gasteiger partial charge on any atom is 0.279 e. The number of aryl methyl sites for hydroxylation is 1. The normalized spacial score (nSPS) is 26.7. The summed E-state index contributed by atoms with van der Waals surface area (Å²) in [6, 6.07) is 3.97. The Labute approximate surface area is 94.1 Å². The van der Waals surface area contributed by atoms with Crippen molar-refractivity contribution in [3.05, 3.63) is 21.9 Å². The molecule has 1 saturated heterocycles. The Morgan fingerprint density at radius 2 is 2.27 bits per heavy atom. The molecule has 1 atom stereocenters. The van der Waals surface area contributed by atoms with Gasteiger partial charge in [-0.15, -0.1) is 11.3 Å². The Bertz CT molecular complexity index is 452.